The van der Waals surface area contributed by atoms with Gasteiger partial charge in [0.05, 0.1) is 5.02 Å². The van der Waals surface area contributed by atoms with Crippen molar-refractivity contribution < 1.29 is 9.53 Å². The molecule has 0 unspecified atom stereocenters. The summed E-state index contributed by atoms with van der Waals surface area (Å²) in [6, 6.07) is 7.18. The third kappa shape index (κ3) is 4.88. The van der Waals surface area contributed by atoms with Crippen molar-refractivity contribution in [3.8, 4) is 5.75 Å². The minimum absolute atomic E-state index is 0.00777. The average Bonchev–Trinajstić information content (AvgIpc) is 2.52. The molecule has 116 valence electrons. The van der Waals surface area contributed by atoms with Gasteiger partial charge in [0.2, 0.25) is 0 Å². The van der Waals surface area contributed by atoms with Gasteiger partial charge in [-0.05, 0) is 31.6 Å². The first kappa shape index (κ1) is 16.1. The molecule has 6 heteroatoms. The molecule has 0 bridgehead atoms. The van der Waals surface area contributed by atoms with E-state index in [1.807, 2.05) is 17.0 Å². The molecule has 0 saturated carbocycles. The van der Waals surface area contributed by atoms with E-state index in [1.54, 1.807) is 12.1 Å². The topological polar surface area (TPSA) is 58.8 Å². The van der Waals surface area contributed by atoms with Crippen LogP contribution in [0.3, 0.4) is 0 Å². The van der Waals surface area contributed by atoms with E-state index in [2.05, 4.69) is 4.90 Å². The third-order valence-electron chi connectivity index (χ3n) is 3.59. The second-order valence-electron chi connectivity index (χ2n) is 5.08. The first-order chi connectivity index (χ1) is 10.2. The van der Waals surface area contributed by atoms with E-state index in [4.69, 9.17) is 22.1 Å². The largest absolute Gasteiger partial charge is 0.482 e. The van der Waals surface area contributed by atoms with Gasteiger partial charge in [-0.25, -0.2) is 0 Å². The van der Waals surface area contributed by atoms with E-state index in [0.29, 0.717) is 17.3 Å². The number of ether oxygens (including phenoxy) is 1. The Morgan fingerprint density at radius 2 is 1.95 bits per heavy atom. The SMILES string of the molecule is NCCCN1CCN(C(=O)COc2ccccc2Cl)CC1. The molecule has 0 atom stereocenters. The number of nitrogens with zero attached hydrogens (tertiary/aromatic N) is 2. The Kier molecular flexibility index (Phi) is 6.29. The van der Waals surface area contributed by atoms with Crippen LogP contribution in [0.25, 0.3) is 0 Å². The minimum atomic E-state index is 0.00777. The molecule has 0 radical (unpaired) electrons. The van der Waals surface area contributed by atoms with Gasteiger partial charge < -0.3 is 15.4 Å². The predicted molar refractivity (Wildman–Crippen MR) is 83.6 cm³/mol. The Morgan fingerprint density at radius 1 is 1.24 bits per heavy atom. The maximum absolute atomic E-state index is 12.1. The Balaban J connectivity index is 1.74. The van der Waals surface area contributed by atoms with Gasteiger partial charge in [0.25, 0.3) is 5.91 Å². The standard InChI is InChI=1S/C15H22ClN3O2/c16-13-4-1-2-5-14(13)21-12-15(20)19-10-8-18(9-11-19)7-3-6-17/h1-2,4-5H,3,6-12,17H2. The monoisotopic (exact) mass is 311 g/mol. The molecule has 1 aliphatic rings. The highest BCUT2D eigenvalue weighted by atomic mass is 35.5. The van der Waals surface area contributed by atoms with E-state index < -0.39 is 0 Å². The fourth-order valence-corrected chi connectivity index (χ4v) is 2.52. The molecule has 1 heterocycles. The number of halogens is 1. The van der Waals surface area contributed by atoms with Crippen molar-refractivity contribution in [1.82, 2.24) is 9.80 Å². The number of hydrogen-bond donors (Lipinski definition) is 1. The van der Waals surface area contributed by atoms with Gasteiger partial charge in [-0.3, -0.25) is 9.69 Å². The maximum Gasteiger partial charge on any atom is 0.260 e. The quantitative estimate of drug-likeness (QED) is 0.858. The highest BCUT2D eigenvalue weighted by Crippen LogP contribution is 2.23. The van der Waals surface area contributed by atoms with Crippen LogP contribution in [-0.4, -0.2) is 61.6 Å². The van der Waals surface area contributed by atoms with Crippen molar-refractivity contribution >= 4 is 17.5 Å². The minimum Gasteiger partial charge on any atom is -0.482 e. The molecule has 21 heavy (non-hydrogen) atoms. The summed E-state index contributed by atoms with van der Waals surface area (Å²) in [5, 5.41) is 0.525. The number of benzene rings is 1. The van der Waals surface area contributed by atoms with Gasteiger partial charge >= 0.3 is 0 Å². The molecular formula is C15H22ClN3O2. The van der Waals surface area contributed by atoms with Crippen LogP contribution < -0.4 is 10.5 Å². The fourth-order valence-electron chi connectivity index (χ4n) is 2.33. The molecule has 1 fully saturated rings. The molecule has 1 aromatic rings. The Bertz CT molecular complexity index is 462. The van der Waals surface area contributed by atoms with Gasteiger partial charge in [-0.2, -0.15) is 0 Å². The smallest absolute Gasteiger partial charge is 0.260 e. The molecule has 2 N–H and O–H groups in total. The van der Waals surface area contributed by atoms with Crippen LogP contribution in [-0.2, 0) is 4.79 Å². The Hall–Kier alpha value is -1.30. The van der Waals surface area contributed by atoms with E-state index >= 15 is 0 Å². The summed E-state index contributed by atoms with van der Waals surface area (Å²) in [4.78, 5) is 16.3. The summed E-state index contributed by atoms with van der Waals surface area (Å²) in [6.07, 6.45) is 1.00. The van der Waals surface area contributed by atoms with Crippen molar-refractivity contribution in [3.63, 3.8) is 0 Å². The number of carbonyl (C=O) groups is 1. The normalized spacial score (nSPS) is 16.0. The average molecular weight is 312 g/mol. The lowest BCUT2D eigenvalue weighted by Crippen LogP contribution is -2.50. The van der Waals surface area contributed by atoms with Crippen molar-refractivity contribution in [3.05, 3.63) is 29.3 Å². The van der Waals surface area contributed by atoms with Gasteiger partial charge in [-0.1, -0.05) is 23.7 Å². The lowest BCUT2D eigenvalue weighted by Gasteiger charge is -2.34. The Morgan fingerprint density at radius 3 is 2.62 bits per heavy atom. The van der Waals surface area contributed by atoms with Crippen LogP contribution in [0.15, 0.2) is 24.3 Å². The number of amides is 1. The summed E-state index contributed by atoms with van der Waals surface area (Å²) in [7, 11) is 0. The summed E-state index contributed by atoms with van der Waals surface area (Å²) in [6.45, 7) is 5.05. The summed E-state index contributed by atoms with van der Waals surface area (Å²) >= 11 is 5.99. The predicted octanol–water partition coefficient (Wildman–Crippen LogP) is 1.21. The van der Waals surface area contributed by atoms with Crippen molar-refractivity contribution in [2.45, 2.75) is 6.42 Å². The van der Waals surface area contributed by atoms with Crippen LogP contribution in [0, 0.1) is 0 Å². The molecule has 1 aromatic carbocycles. The van der Waals surface area contributed by atoms with Gasteiger partial charge in [0, 0.05) is 26.2 Å². The lowest BCUT2D eigenvalue weighted by molar-refractivity contribution is -0.135. The van der Waals surface area contributed by atoms with Gasteiger partial charge in [-0.15, -0.1) is 0 Å². The number of para-hydroxylation sites is 1. The molecular weight excluding hydrogens is 290 g/mol. The zero-order valence-electron chi connectivity index (χ0n) is 12.1. The van der Waals surface area contributed by atoms with Crippen LogP contribution in [0.1, 0.15) is 6.42 Å². The van der Waals surface area contributed by atoms with E-state index in [-0.39, 0.29) is 12.5 Å². The molecule has 1 saturated heterocycles. The first-order valence-electron chi connectivity index (χ1n) is 7.28. The van der Waals surface area contributed by atoms with Crippen LogP contribution in [0.2, 0.25) is 5.02 Å². The zero-order valence-corrected chi connectivity index (χ0v) is 12.9. The second kappa shape index (κ2) is 8.22. The summed E-state index contributed by atoms with van der Waals surface area (Å²) in [5.41, 5.74) is 5.51. The molecule has 1 aliphatic heterocycles. The van der Waals surface area contributed by atoms with Crippen LogP contribution in [0.4, 0.5) is 0 Å². The third-order valence-corrected chi connectivity index (χ3v) is 3.90. The molecule has 2 rings (SSSR count). The van der Waals surface area contributed by atoms with Gasteiger partial charge in [0.1, 0.15) is 5.75 Å². The summed E-state index contributed by atoms with van der Waals surface area (Å²) < 4.78 is 5.49. The second-order valence-corrected chi connectivity index (χ2v) is 5.49. The molecule has 0 aliphatic carbocycles. The number of carbonyl (C=O) groups excluding carboxylic acids is 1. The fraction of sp³-hybridized carbons (Fsp3) is 0.533. The number of hydrogen-bond acceptors (Lipinski definition) is 4. The van der Waals surface area contributed by atoms with E-state index in [0.717, 1.165) is 39.1 Å². The van der Waals surface area contributed by atoms with Gasteiger partial charge in [0.15, 0.2) is 6.61 Å². The van der Waals surface area contributed by atoms with E-state index in [9.17, 15) is 4.79 Å². The molecule has 0 aromatic heterocycles. The molecule has 0 spiro atoms. The summed E-state index contributed by atoms with van der Waals surface area (Å²) in [5.74, 6) is 0.558. The van der Waals surface area contributed by atoms with Crippen molar-refractivity contribution in [1.29, 1.82) is 0 Å². The molecule has 1 amide bonds. The number of rotatable bonds is 6. The maximum atomic E-state index is 12.1. The van der Waals surface area contributed by atoms with Crippen molar-refractivity contribution in [2.75, 3.05) is 45.9 Å². The highest BCUT2D eigenvalue weighted by Gasteiger charge is 2.21. The van der Waals surface area contributed by atoms with Crippen molar-refractivity contribution in [2.24, 2.45) is 5.73 Å². The number of nitrogens with two attached hydrogens (primary N) is 1. The zero-order chi connectivity index (χ0) is 15.1. The molecule has 5 nitrogen and oxygen atoms in total. The number of piperazine rings is 1. The van der Waals surface area contributed by atoms with Crippen LogP contribution >= 0.6 is 11.6 Å². The lowest BCUT2D eigenvalue weighted by atomic mass is 10.3. The Labute approximate surface area is 130 Å². The van der Waals surface area contributed by atoms with Crippen LogP contribution in [0.5, 0.6) is 5.75 Å². The van der Waals surface area contributed by atoms with E-state index in [1.165, 1.54) is 0 Å². The highest BCUT2D eigenvalue weighted by molar-refractivity contribution is 6.32. The first-order valence-corrected chi connectivity index (χ1v) is 7.66.